The molecule has 9 heteroatoms. The van der Waals surface area contributed by atoms with Gasteiger partial charge in [0, 0.05) is 19.6 Å². The summed E-state index contributed by atoms with van der Waals surface area (Å²) in [7, 11) is 1.58. The van der Waals surface area contributed by atoms with Gasteiger partial charge in [0.25, 0.3) is 0 Å². The first-order chi connectivity index (χ1) is 14.2. The van der Waals surface area contributed by atoms with E-state index in [2.05, 4.69) is 9.98 Å². The normalized spacial score (nSPS) is 24.1. The average molecular weight is 443 g/mol. The van der Waals surface area contributed by atoms with E-state index in [1.165, 1.54) is 0 Å². The molecular formula is C21H26ClF3N4O. The lowest BCUT2D eigenvalue weighted by atomic mass is 9.72. The molecular weight excluding hydrogens is 417 g/mol. The summed E-state index contributed by atoms with van der Waals surface area (Å²) in [5, 5.41) is 0.350. The summed E-state index contributed by atoms with van der Waals surface area (Å²) in [6, 6.07) is 2.83. The van der Waals surface area contributed by atoms with Gasteiger partial charge in [-0.2, -0.15) is 13.2 Å². The molecule has 1 aliphatic carbocycles. The molecule has 1 aromatic heterocycles. The zero-order chi connectivity index (χ0) is 21.5. The van der Waals surface area contributed by atoms with Crippen molar-refractivity contribution in [2.24, 2.45) is 4.99 Å². The molecule has 1 atom stereocenters. The minimum Gasteiger partial charge on any atom is -0.356 e. The number of amides is 1. The van der Waals surface area contributed by atoms with Crippen molar-refractivity contribution in [3.05, 3.63) is 23.0 Å². The standard InChI is InChI=1S/C21H26ClF3N4O/c1-26-17(28-11-5-6-14(28)12-21(23,24)25)13-29-15-7-8-16(22)27-18(15)20(19(29)30)9-3-2-4-10-20/h7-8,14H,2-6,9-13H2,1H3. The second-order valence-corrected chi connectivity index (χ2v) is 8.87. The number of amidine groups is 1. The Balaban J connectivity index is 1.63. The second-order valence-electron chi connectivity index (χ2n) is 8.48. The summed E-state index contributed by atoms with van der Waals surface area (Å²) < 4.78 is 39.1. The van der Waals surface area contributed by atoms with Crippen molar-refractivity contribution < 1.29 is 18.0 Å². The summed E-state index contributed by atoms with van der Waals surface area (Å²) in [4.78, 5) is 25.8. The van der Waals surface area contributed by atoms with Gasteiger partial charge in [0.15, 0.2) is 0 Å². The summed E-state index contributed by atoms with van der Waals surface area (Å²) >= 11 is 6.16. The highest BCUT2D eigenvalue weighted by Crippen LogP contribution is 2.49. The summed E-state index contributed by atoms with van der Waals surface area (Å²) in [5.41, 5.74) is 0.746. The predicted molar refractivity (Wildman–Crippen MR) is 110 cm³/mol. The molecule has 5 nitrogen and oxygen atoms in total. The third-order valence-corrected chi connectivity index (χ3v) is 6.89. The highest BCUT2D eigenvalue weighted by Gasteiger charge is 2.53. The molecule has 0 radical (unpaired) electrons. The fourth-order valence-corrected chi connectivity index (χ4v) is 5.46. The third-order valence-electron chi connectivity index (χ3n) is 6.68. The predicted octanol–water partition coefficient (Wildman–Crippen LogP) is 4.73. The van der Waals surface area contributed by atoms with E-state index in [4.69, 9.17) is 11.6 Å². The van der Waals surface area contributed by atoms with Crippen LogP contribution < -0.4 is 4.90 Å². The topological polar surface area (TPSA) is 48.8 Å². The number of hydrogen-bond donors (Lipinski definition) is 0. The van der Waals surface area contributed by atoms with Gasteiger partial charge >= 0.3 is 6.18 Å². The number of carbonyl (C=O) groups excluding carboxylic acids is 1. The largest absolute Gasteiger partial charge is 0.391 e. The van der Waals surface area contributed by atoms with Crippen LogP contribution in [0.25, 0.3) is 0 Å². The van der Waals surface area contributed by atoms with Gasteiger partial charge in [0.05, 0.1) is 29.8 Å². The van der Waals surface area contributed by atoms with Crippen LogP contribution in [0.4, 0.5) is 18.9 Å². The lowest BCUT2D eigenvalue weighted by Gasteiger charge is -2.33. The molecule has 1 aromatic rings. The van der Waals surface area contributed by atoms with Gasteiger partial charge in [0.2, 0.25) is 5.91 Å². The SMILES string of the molecule is CN=C(CN1C(=O)C2(CCCCC2)c2nc(Cl)ccc21)N1CCCC1CC(F)(F)F. The number of alkyl halides is 3. The van der Waals surface area contributed by atoms with Crippen LogP contribution in [0.2, 0.25) is 5.15 Å². The number of aliphatic imine (C=N–C) groups is 1. The van der Waals surface area contributed by atoms with Crippen molar-refractivity contribution in [3.8, 4) is 0 Å². The molecule has 3 aliphatic rings. The maximum absolute atomic E-state index is 13.6. The van der Waals surface area contributed by atoms with Crippen LogP contribution in [-0.2, 0) is 10.2 Å². The van der Waals surface area contributed by atoms with Gasteiger partial charge < -0.3 is 9.80 Å². The maximum Gasteiger partial charge on any atom is 0.391 e. The summed E-state index contributed by atoms with van der Waals surface area (Å²) in [6.07, 6.45) is 0.495. The Bertz CT molecular complexity index is 851. The molecule has 0 aromatic carbocycles. The van der Waals surface area contributed by atoms with Crippen LogP contribution in [-0.4, -0.2) is 54.0 Å². The van der Waals surface area contributed by atoms with Gasteiger partial charge in [-0.15, -0.1) is 0 Å². The van der Waals surface area contributed by atoms with Gasteiger partial charge in [-0.1, -0.05) is 30.9 Å². The first kappa shape index (κ1) is 21.4. The number of likely N-dealkylation sites (tertiary alicyclic amines) is 1. The Labute approximate surface area is 179 Å². The Morgan fingerprint density at radius 1 is 1.27 bits per heavy atom. The van der Waals surface area contributed by atoms with Crippen LogP contribution >= 0.6 is 11.6 Å². The molecule has 2 fully saturated rings. The molecule has 30 heavy (non-hydrogen) atoms. The maximum atomic E-state index is 13.6. The fourth-order valence-electron chi connectivity index (χ4n) is 5.32. The fraction of sp³-hybridized carbons (Fsp3) is 0.667. The quantitative estimate of drug-likeness (QED) is 0.386. The van der Waals surface area contributed by atoms with Crippen molar-refractivity contribution in [2.45, 2.75) is 69.0 Å². The van der Waals surface area contributed by atoms with E-state index >= 15 is 0 Å². The number of halogens is 4. The monoisotopic (exact) mass is 442 g/mol. The molecule has 1 saturated carbocycles. The Kier molecular flexibility index (Phi) is 5.72. The number of pyridine rings is 1. The van der Waals surface area contributed by atoms with Gasteiger partial charge in [0.1, 0.15) is 11.0 Å². The van der Waals surface area contributed by atoms with E-state index in [0.29, 0.717) is 41.8 Å². The number of anilines is 1. The van der Waals surface area contributed by atoms with Crippen LogP contribution in [0.1, 0.15) is 57.1 Å². The minimum atomic E-state index is -4.23. The van der Waals surface area contributed by atoms with Gasteiger partial charge in [-0.05, 0) is 37.8 Å². The minimum absolute atomic E-state index is 0.0281. The molecule has 4 rings (SSSR count). The molecule has 1 unspecified atom stereocenters. The van der Waals surface area contributed by atoms with Gasteiger partial charge in [-0.3, -0.25) is 9.79 Å². The lowest BCUT2D eigenvalue weighted by Crippen LogP contribution is -2.48. The second kappa shape index (κ2) is 8.02. The van der Waals surface area contributed by atoms with E-state index in [1.54, 1.807) is 29.0 Å². The number of rotatable bonds is 3. The number of hydrogen-bond acceptors (Lipinski definition) is 3. The molecule has 3 heterocycles. The van der Waals surface area contributed by atoms with Gasteiger partial charge in [-0.25, -0.2) is 4.98 Å². The number of fused-ring (bicyclic) bond motifs is 2. The van der Waals surface area contributed by atoms with Crippen molar-refractivity contribution in [2.75, 3.05) is 25.0 Å². The van der Waals surface area contributed by atoms with E-state index in [1.807, 2.05) is 0 Å². The van der Waals surface area contributed by atoms with E-state index in [-0.39, 0.29) is 12.5 Å². The highest BCUT2D eigenvalue weighted by atomic mass is 35.5. The highest BCUT2D eigenvalue weighted by molar-refractivity contribution is 6.29. The van der Waals surface area contributed by atoms with Crippen molar-refractivity contribution >= 4 is 29.0 Å². The zero-order valence-corrected chi connectivity index (χ0v) is 17.8. The first-order valence-corrected chi connectivity index (χ1v) is 10.9. The first-order valence-electron chi connectivity index (χ1n) is 10.5. The van der Waals surface area contributed by atoms with Crippen molar-refractivity contribution in [1.82, 2.24) is 9.88 Å². The number of aromatic nitrogens is 1. The lowest BCUT2D eigenvalue weighted by molar-refractivity contribution is -0.142. The zero-order valence-electron chi connectivity index (χ0n) is 17.0. The van der Waals surface area contributed by atoms with Crippen LogP contribution in [0.3, 0.4) is 0 Å². The smallest absolute Gasteiger partial charge is 0.356 e. The third kappa shape index (κ3) is 3.79. The number of nitrogens with zero attached hydrogens (tertiary/aromatic N) is 4. The molecule has 0 bridgehead atoms. The van der Waals surface area contributed by atoms with E-state index < -0.39 is 24.1 Å². The van der Waals surface area contributed by atoms with Crippen molar-refractivity contribution in [3.63, 3.8) is 0 Å². The average Bonchev–Trinajstić information content (AvgIpc) is 3.22. The van der Waals surface area contributed by atoms with Crippen LogP contribution in [0.5, 0.6) is 0 Å². The molecule has 1 amide bonds. The molecule has 0 N–H and O–H groups in total. The van der Waals surface area contributed by atoms with E-state index in [0.717, 1.165) is 32.1 Å². The molecule has 2 aliphatic heterocycles. The Hall–Kier alpha value is -1.83. The molecule has 1 spiro atoms. The molecule has 164 valence electrons. The van der Waals surface area contributed by atoms with E-state index in [9.17, 15) is 18.0 Å². The number of carbonyl (C=O) groups is 1. The summed E-state index contributed by atoms with van der Waals surface area (Å²) in [6.45, 7) is 0.675. The van der Waals surface area contributed by atoms with Crippen LogP contribution in [0.15, 0.2) is 17.1 Å². The van der Waals surface area contributed by atoms with Crippen LogP contribution in [0, 0.1) is 0 Å². The summed E-state index contributed by atoms with van der Waals surface area (Å²) in [5.74, 6) is 0.489. The Morgan fingerprint density at radius 2 is 2.00 bits per heavy atom. The molecule has 1 saturated heterocycles. The Morgan fingerprint density at radius 3 is 2.67 bits per heavy atom. The van der Waals surface area contributed by atoms with Crippen molar-refractivity contribution in [1.29, 1.82) is 0 Å².